The molecule has 0 aromatic heterocycles. The first-order valence-corrected chi connectivity index (χ1v) is 8.86. The van der Waals surface area contributed by atoms with Gasteiger partial charge in [0, 0.05) is 45.3 Å². The number of benzene rings is 1. The van der Waals surface area contributed by atoms with Crippen molar-refractivity contribution in [2.45, 2.75) is 37.9 Å². The zero-order chi connectivity index (χ0) is 17.8. The molecule has 25 heavy (non-hydrogen) atoms. The predicted octanol–water partition coefficient (Wildman–Crippen LogP) is 2.04. The van der Waals surface area contributed by atoms with Crippen molar-refractivity contribution < 1.29 is 19.1 Å². The Kier molecular flexibility index (Phi) is 5.71. The summed E-state index contributed by atoms with van der Waals surface area (Å²) >= 11 is 0. The lowest BCUT2D eigenvalue weighted by Crippen LogP contribution is -2.39. The molecule has 2 saturated heterocycles. The Morgan fingerprint density at radius 1 is 1.04 bits per heavy atom. The van der Waals surface area contributed by atoms with Gasteiger partial charge in [-0.3, -0.25) is 14.9 Å². The number of amides is 2. The van der Waals surface area contributed by atoms with E-state index in [1.54, 1.807) is 14.2 Å². The highest BCUT2D eigenvalue weighted by molar-refractivity contribution is 6.00. The molecule has 0 radical (unpaired) electrons. The molecule has 3 rings (SSSR count). The number of carbonyl (C=O) groups excluding carboxylic acids is 2. The second-order valence-corrected chi connectivity index (χ2v) is 6.76. The fourth-order valence-electron chi connectivity index (χ4n) is 3.84. The van der Waals surface area contributed by atoms with Crippen molar-refractivity contribution in [1.29, 1.82) is 0 Å². The van der Waals surface area contributed by atoms with Crippen LogP contribution in [0.2, 0.25) is 0 Å². The molecule has 1 atom stereocenters. The van der Waals surface area contributed by atoms with Crippen LogP contribution >= 0.6 is 0 Å². The summed E-state index contributed by atoms with van der Waals surface area (Å²) in [6.07, 6.45) is 2.93. The van der Waals surface area contributed by atoms with Crippen molar-refractivity contribution in [2.75, 3.05) is 32.2 Å². The lowest BCUT2D eigenvalue weighted by atomic mass is 9.90. The molecule has 1 N–H and O–H groups in total. The number of imide groups is 1. The van der Waals surface area contributed by atoms with Crippen LogP contribution in [-0.4, -0.2) is 45.4 Å². The predicted molar refractivity (Wildman–Crippen MR) is 94.3 cm³/mol. The highest BCUT2D eigenvalue weighted by atomic mass is 16.7. The maximum atomic E-state index is 12.0. The number of nitrogens with zero attached hydrogens (tertiary/aromatic N) is 1. The smallest absolute Gasteiger partial charge is 0.234 e. The lowest BCUT2D eigenvalue weighted by molar-refractivity contribution is -0.141. The number of hydrogen-bond acceptors (Lipinski definition) is 5. The van der Waals surface area contributed by atoms with Crippen molar-refractivity contribution in [2.24, 2.45) is 5.92 Å². The number of hydrogen-bond donors (Lipinski definition) is 1. The monoisotopic (exact) mass is 346 g/mol. The fourth-order valence-corrected chi connectivity index (χ4v) is 3.84. The molecule has 6 nitrogen and oxygen atoms in total. The highest BCUT2D eigenvalue weighted by Crippen LogP contribution is 2.29. The van der Waals surface area contributed by atoms with Crippen LogP contribution in [0, 0.1) is 5.92 Å². The van der Waals surface area contributed by atoms with Crippen molar-refractivity contribution in [3.05, 3.63) is 29.8 Å². The molecule has 136 valence electrons. The molecule has 2 amide bonds. The maximum Gasteiger partial charge on any atom is 0.234 e. The average Bonchev–Trinajstić information content (AvgIpc) is 2.64. The van der Waals surface area contributed by atoms with Crippen LogP contribution in [0.4, 0.5) is 5.69 Å². The Morgan fingerprint density at radius 2 is 1.68 bits per heavy atom. The van der Waals surface area contributed by atoms with Gasteiger partial charge in [0.1, 0.15) is 0 Å². The van der Waals surface area contributed by atoms with Crippen LogP contribution < -0.4 is 10.2 Å². The van der Waals surface area contributed by atoms with Gasteiger partial charge in [0.15, 0.2) is 6.29 Å². The first-order chi connectivity index (χ1) is 12.1. The Labute approximate surface area is 148 Å². The normalized spacial score (nSPS) is 22.4. The van der Waals surface area contributed by atoms with E-state index in [2.05, 4.69) is 22.3 Å². The number of ether oxygens (including phenoxy) is 2. The molecular formula is C19H26N2O4. The van der Waals surface area contributed by atoms with Crippen LogP contribution in [0.1, 0.15) is 37.2 Å². The molecule has 0 spiro atoms. The Morgan fingerprint density at radius 3 is 2.24 bits per heavy atom. The third kappa shape index (κ3) is 4.02. The molecule has 1 unspecified atom stereocenters. The summed E-state index contributed by atoms with van der Waals surface area (Å²) in [5.74, 6) is -0.156. The highest BCUT2D eigenvalue weighted by Gasteiger charge is 2.29. The van der Waals surface area contributed by atoms with Crippen molar-refractivity contribution in [1.82, 2.24) is 5.32 Å². The van der Waals surface area contributed by atoms with Gasteiger partial charge < -0.3 is 14.4 Å². The van der Waals surface area contributed by atoms with E-state index in [1.807, 2.05) is 12.1 Å². The molecule has 0 saturated carbocycles. The third-order valence-corrected chi connectivity index (χ3v) is 5.29. The topological polar surface area (TPSA) is 67.9 Å². The molecule has 6 heteroatoms. The summed E-state index contributed by atoms with van der Waals surface area (Å²) in [7, 11) is 3.38. The molecule has 1 aromatic rings. The minimum Gasteiger partial charge on any atom is -0.372 e. The van der Waals surface area contributed by atoms with E-state index < -0.39 is 0 Å². The SMILES string of the molecule is COC(OC)C1CCN(c2ccc(C3CCC(=O)NC3=O)cc2)CC1. The van der Waals surface area contributed by atoms with Crippen molar-refractivity contribution in [3.8, 4) is 0 Å². The van der Waals surface area contributed by atoms with Crippen LogP contribution in [0.5, 0.6) is 0 Å². The second-order valence-electron chi connectivity index (χ2n) is 6.76. The molecule has 0 aliphatic carbocycles. The van der Waals surface area contributed by atoms with Gasteiger partial charge in [0.2, 0.25) is 11.8 Å². The zero-order valence-electron chi connectivity index (χ0n) is 14.9. The van der Waals surface area contributed by atoms with Gasteiger partial charge in [-0.25, -0.2) is 0 Å². The van der Waals surface area contributed by atoms with E-state index >= 15 is 0 Å². The first-order valence-electron chi connectivity index (χ1n) is 8.86. The van der Waals surface area contributed by atoms with Crippen LogP contribution in [-0.2, 0) is 19.1 Å². The maximum absolute atomic E-state index is 12.0. The van der Waals surface area contributed by atoms with Crippen molar-refractivity contribution >= 4 is 17.5 Å². The van der Waals surface area contributed by atoms with E-state index in [4.69, 9.17) is 9.47 Å². The molecule has 0 bridgehead atoms. The summed E-state index contributed by atoms with van der Waals surface area (Å²) in [4.78, 5) is 25.6. The largest absolute Gasteiger partial charge is 0.372 e. The average molecular weight is 346 g/mol. The van der Waals surface area contributed by atoms with Gasteiger partial charge >= 0.3 is 0 Å². The fraction of sp³-hybridized carbons (Fsp3) is 0.579. The molecule has 2 aliphatic rings. The number of nitrogens with one attached hydrogen (secondary N) is 1. The van der Waals surface area contributed by atoms with Gasteiger partial charge in [0.25, 0.3) is 0 Å². The summed E-state index contributed by atoms with van der Waals surface area (Å²) in [6, 6.07) is 8.16. The van der Waals surface area contributed by atoms with E-state index in [1.165, 1.54) is 5.69 Å². The summed E-state index contributed by atoms with van der Waals surface area (Å²) in [5, 5.41) is 2.42. The second kappa shape index (κ2) is 7.97. The minimum atomic E-state index is -0.221. The number of methoxy groups -OCH3 is 2. The van der Waals surface area contributed by atoms with E-state index in [0.717, 1.165) is 31.5 Å². The van der Waals surface area contributed by atoms with Gasteiger partial charge in [-0.05, 0) is 37.0 Å². The number of piperidine rings is 2. The lowest BCUT2D eigenvalue weighted by Gasteiger charge is -2.36. The quantitative estimate of drug-likeness (QED) is 0.653. The van der Waals surface area contributed by atoms with Crippen LogP contribution in [0.25, 0.3) is 0 Å². The first kappa shape index (κ1) is 17.9. The Hall–Kier alpha value is -1.92. The summed E-state index contributed by atoms with van der Waals surface area (Å²) < 4.78 is 10.8. The number of carbonyl (C=O) groups is 2. The van der Waals surface area contributed by atoms with Crippen molar-refractivity contribution in [3.63, 3.8) is 0 Å². The van der Waals surface area contributed by atoms with Gasteiger partial charge in [-0.1, -0.05) is 12.1 Å². The summed E-state index contributed by atoms with van der Waals surface area (Å²) in [6.45, 7) is 1.93. The number of anilines is 1. The molecule has 2 aliphatic heterocycles. The third-order valence-electron chi connectivity index (χ3n) is 5.29. The Balaban J connectivity index is 1.60. The molecule has 1 aromatic carbocycles. The standard InChI is InChI=1S/C19H26N2O4/c1-24-19(25-2)14-9-11-21(12-10-14)15-5-3-13(4-6-15)16-7-8-17(22)20-18(16)23/h3-6,14,16,19H,7-12H2,1-2H3,(H,20,22,23). The zero-order valence-corrected chi connectivity index (χ0v) is 14.9. The van der Waals surface area contributed by atoms with Crippen LogP contribution in [0.15, 0.2) is 24.3 Å². The Bertz CT molecular complexity index is 604. The number of rotatable bonds is 5. The molecule has 2 fully saturated rings. The van der Waals surface area contributed by atoms with Crippen LogP contribution in [0.3, 0.4) is 0 Å². The van der Waals surface area contributed by atoms with E-state index in [-0.39, 0.29) is 24.0 Å². The van der Waals surface area contributed by atoms with Gasteiger partial charge in [-0.2, -0.15) is 0 Å². The summed E-state index contributed by atoms with van der Waals surface area (Å²) in [5.41, 5.74) is 2.14. The van der Waals surface area contributed by atoms with E-state index in [9.17, 15) is 9.59 Å². The van der Waals surface area contributed by atoms with E-state index in [0.29, 0.717) is 18.8 Å². The molecule has 2 heterocycles. The van der Waals surface area contributed by atoms with Gasteiger partial charge in [-0.15, -0.1) is 0 Å². The minimum absolute atomic E-state index is 0.128. The van der Waals surface area contributed by atoms with Gasteiger partial charge in [0.05, 0.1) is 5.92 Å². The molecular weight excluding hydrogens is 320 g/mol.